The summed E-state index contributed by atoms with van der Waals surface area (Å²) < 4.78 is 39.2. The number of carbonyl (C=O) groups is 1. The van der Waals surface area contributed by atoms with E-state index < -0.39 is 23.2 Å². The zero-order valence-corrected chi connectivity index (χ0v) is 11.0. The van der Waals surface area contributed by atoms with E-state index in [1.54, 1.807) is 0 Å². The van der Waals surface area contributed by atoms with Gasteiger partial charge in [0.05, 0.1) is 4.47 Å². The Kier molecular flexibility index (Phi) is 3.61. The van der Waals surface area contributed by atoms with Gasteiger partial charge in [0.1, 0.15) is 5.82 Å². The van der Waals surface area contributed by atoms with E-state index in [-0.39, 0.29) is 21.3 Å². The number of anilines is 1. The van der Waals surface area contributed by atoms with Gasteiger partial charge in [0.25, 0.3) is 0 Å². The van der Waals surface area contributed by atoms with Crippen molar-refractivity contribution < 1.29 is 18.0 Å². The molecule has 0 aliphatic heterocycles. The van der Waals surface area contributed by atoms with Crippen LogP contribution in [0.4, 0.5) is 18.9 Å². The first-order chi connectivity index (χ1) is 8.90. The number of hydrogen-bond donors (Lipinski definition) is 1. The summed E-state index contributed by atoms with van der Waals surface area (Å²) in [5.41, 5.74) is 5.25. The zero-order chi connectivity index (χ0) is 14.2. The molecule has 2 aromatic rings. The summed E-state index contributed by atoms with van der Waals surface area (Å²) in [6.07, 6.45) is 0. The van der Waals surface area contributed by atoms with Gasteiger partial charge in [-0.1, -0.05) is 0 Å². The maximum Gasteiger partial charge on any atom is 0.195 e. The summed E-state index contributed by atoms with van der Waals surface area (Å²) in [6, 6.07) is 5.04. The Morgan fingerprint density at radius 1 is 1.00 bits per heavy atom. The lowest BCUT2D eigenvalue weighted by Crippen LogP contribution is -2.07. The average Bonchev–Trinajstić information content (AvgIpc) is 2.36. The van der Waals surface area contributed by atoms with Crippen LogP contribution in [0, 0.1) is 17.5 Å². The highest BCUT2D eigenvalue weighted by atomic mass is 79.9. The molecule has 0 amide bonds. The molecule has 0 aliphatic rings. The summed E-state index contributed by atoms with van der Waals surface area (Å²) >= 11 is 2.94. The molecule has 0 aromatic heterocycles. The van der Waals surface area contributed by atoms with Crippen molar-refractivity contribution in [3.63, 3.8) is 0 Å². The van der Waals surface area contributed by atoms with Crippen LogP contribution in [0.1, 0.15) is 15.9 Å². The molecule has 2 N–H and O–H groups in total. The van der Waals surface area contributed by atoms with Gasteiger partial charge in [-0.05, 0) is 40.2 Å². The highest BCUT2D eigenvalue weighted by molar-refractivity contribution is 9.10. The number of carbonyl (C=O) groups excluding carboxylic acids is 1. The lowest BCUT2D eigenvalue weighted by atomic mass is 10.0. The fraction of sp³-hybridized carbons (Fsp3) is 0. The average molecular weight is 330 g/mol. The third-order valence-corrected chi connectivity index (χ3v) is 3.13. The van der Waals surface area contributed by atoms with Gasteiger partial charge in [-0.3, -0.25) is 4.79 Å². The Balaban J connectivity index is 2.49. The first kappa shape index (κ1) is 13.6. The van der Waals surface area contributed by atoms with Gasteiger partial charge < -0.3 is 5.73 Å². The van der Waals surface area contributed by atoms with Gasteiger partial charge >= 0.3 is 0 Å². The van der Waals surface area contributed by atoms with E-state index in [9.17, 15) is 18.0 Å². The summed E-state index contributed by atoms with van der Waals surface area (Å²) in [5.74, 6) is -3.44. The number of nitrogens with two attached hydrogens (primary N) is 1. The normalized spacial score (nSPS) is 10.5. The molecule has 0 unspecified atom stereocenters. The van der Waals surface area contributed by atoms with E-state index in [1.165, 1.54) is 12.1 Å². The Morgan fingerprint density at radius 2 is 1.63 bits per heavy atom. The number of benzene rings is 2. The second kappa shape index (κ2) is 5.05. The molecule has 0 atom stereocenters. The minimum Gasteiger partial charge on any atom is -0.398 e. The number of nitrogen functional groups attached to an aromatic ring is 1. The second-order valence-electron chi connectivity index (χ2n) is 3.81. The molecular weight excluding hydrogens is 323 g/mol. The quantitative estimate of drug-likeness (QED) is 0.674. The van der Waals surface area contributed by atoms with Crippen molar-refractivity contribution in [2.24, 2.45) is 0 Å². The largest absolute Gasteiger partial charge is 0.398 e. The van der Waals surface area contributed by atoms with E-state index >= 15 is 0 Å². The van der Waals surface area contributed by atoms with Crippen LogP contribution in [-0.4, -0.2) is 5.78 Å². The molecule has 0 spiro atoms. The summed E-state index contributed by atoms with van der Waals surface area (Å²) in [4.78, 5) is 12.1. The van der Waals surface area contributed by atoms with Crippen molar-refractivity contribution in [2.75, 3.05) is 5.73 Å². The standard InChI is InChI=1S/C13H7BrF3NO/c14-8-3-6(1-2-9(8)15)13(19)7-4-10(16)11(17)5-12(7)18/h1-5H,18H2. The Hall–Kier alpha value is -1.82. The van der Waals surface area contributed by atoms with Crippen LogP contribution in [0.3, 0.4) is 0 Å². The van der Waals surface area contributed by atoms with E-state index in [4.69, 9.17) is 5.73 Å². The van der Waals surface area contributed by atoms with E-state index in [1.807, 2.05) is 0 Å². The maximum atomic E-state index is 13.1. The molecule has 0 bridgehead atoms. The Bertz CT molecular complexity index is 673. The number of rotatable bonds is 2. The van der Waals surface area contributed by atoms with Crippen molar-refractivity contribution in [1.29, 1.82) is 0 Å². The molecule has 0 saturated carbocycles. The smallest absolute Gasteiger partial charge is 0.195 e. The monoisotopic (exact) mass is 329 g/mol. The van der Waals surface area contributed by atoms with Crippen molar-refractivity contribution in [3.05, 3.63) is 63.4 Å². The summed E-state index contributed by atoms with van der Waals surface area (Å²) in [5, 5.41) is 0. The number of ketones is 1. The molecule has 6 heteroatoms. The molecule has 0 radical (unpaired) electrons. The van der Waals surface area contributed by atoms with Crippen molar-refractivity contribution in [2.45, 2.75) is 0 Å². The van der Waals surface area contributed by atoms with Gasteiger partial charge in [-0.2, -0.15) is 0 Å². The van der Waals surface area contributed by atoms with Gasteiger partial charge in [0.15, 0.2) is 17.4 Å². The van der Waals surface area contributed by atoms with Crippen LogP contribution >= 0.6 is 15.9 Å². The third kappa shape index (κ3) is 2.63. The highest BCUT2D eigenvalue weighted by Crippen LogP contribution is 2.23. The van der Waals surface area contributed by atoms with Crippen molar-refractivity contribution >= 4 is 27.4 Å². The molecule has 0 fully saturated rings. The van der Waals surface area contributed by atoms with Crippen LogP contribution in [0.25, 0.3) is 0 Å². The van der Waals surface area contributed by atoms with Crippen LogP contribution in [0.15, 0.2) is 34.8 Å². The molecule has 0 saturated heterocycles. The highest BCUT2D eigenvalue weighted by Gasteiger charge is 2.17. The van der Waals surface area contributed by atoms with Crippen LogP contribution in [0.5, 0.6) is 0 Å². The molecular formula is C13H7BrF3NO. The maximum absolute atomic E-state index is 13.1. The van der Waals surface area contributed by atoms with E-state index in [2.05, 4.69) is 15.9 Å². The molecule has 19 heavy (non-hydrogen) atoms. The first-order valence-corrected chi connectivity index (χ1v) is 5.93. The van der Waals surface area contributed by atoms with Crippen LogP contribution in [-0.2, 0) is 0 Å². The van der Waals surface area contributed by atoms with Gasteiger partial charge in [-0.25, -0.2) is 13.2 Å². The molecule has 2 rings (SSSR count). The fourth-order valence-electron chi connectivity index (χ4n) is 1.55. The SMILES string of the molecule is Nc1cc(F)c(F)cc1C(=O)c1ccc(F)c(Br)c1. The second-order valence-corrected chi connectivity index (χ2v) is 4.67. The van der Waals surface area contributed by atoms with Crippen molar-refractivity contribution in [1.82, 2.24) is 0 Å². The molecule has 2 aromatic carbocycles. The van der Waals surface area contributed by atoms with Crippen LogP contribution in [0.2, 0.25) is 0 Å². The summed E-state index contributed by atoms with van der Waals surface area (Å²) in [7, 11) is 0. The number of halogens is 4. The first-order valence-electron chi connectivity index (χ1n) is 5.14. The minimum atomic E-state index is -1.17. The lowest BCUT2D eigenvalue weighted by Gasteiger charge is -2.06. The molecule has 98 valence electrons. The van der Waals surface area contributed by atoms with Crippen molar-refractivity contribution in [3.8, 4) is 0 Å². The zero-order valence-electron chi connectivity index (χ0n) is 9.38. The van der Waals surface area contributed by atoms with Gasteiger partial charge in [-0.15, -0.1) is 0 Å². The van der Waals surface area contributed by atoms with E-state index in [0.717, 1.165) is 18.2 Å². The predicted octanol–water partition coefficient (Wildman–Crippen LogP) is 3.68. The molecule has 0 aliphatic carbocycles. The fourth-order valence-corrected chi connectivity index (χ4v) is 1.93. The topological polar surface area (TPSA) is 43.1 Å². The van der Waals surface area contributed by atoms with E-state index in [0.29, 0.717) is 0 Å². The predicted molar refractivity (Wildman–Crippen MR) is 68.3 cm³/mol. The molecule has 2 nitrogen and oxygen atoms in total. The van der Waals surface area contributed by atoms with Gasteiger partial charge in [0, 0.05) is 22.9 Å². The number of hydrogen-bond acceptors (Lipinski definition) is 2. The Morgan fingerprint density at radius 3 is 2.26 bits per heavy atom. The lowest BCUT2D eigenvalue weighted by molar-refractivity contribution is 0.103. The van der Waals surface area contributed by atoms with Gasteiger partial charge in [0.2, 0.25) is 0 Å². The van der Waals surface area contributed by atoms with Crippen LogP contribution < -0.4 is 5.73 Å². The third-order valence-electron chi connectivity index (χ3n) is 2.52. The Labute approximate surface area is 115 Å². The summed E-state index contributed by atoms with van der Waals surface area (Å²) in [6.45, 7) is 0. The molecule has 0 heterocycles. The minimum absolute atomic E-state index is 0.0968.